The van der Waals surface area contributed by atoms with E-state index in [1.54, 1.807) is 59.1 Å². The number of aliphatic hydroxyl groups excluding tert-OH is 4. The van der Waals surface area contributed by atoms with Gasteiger partial charge in [0.2, 0.25) is 17.2 Å². The molecule has 0 aromatic heterocycles. The van der Waals surface area contributed by atoms with Crippen molar-refractivity contribution in [1.29, 1.82) is 0 Å². The van der Waals surface area contributed by atoms with Crippen molar-refractivity contribution in [2.24, 2.45) is 0 Å². The molecular formula is C55H76IN3O21S2. The van der Waals surface area contributed by atoms with Gasteiger partial charge in [-0.25, -0.2) is 4.79 Å². The first-order chi connectivity index (χ1) is 39.1. The first-order valence-corrected chi connectivity index (χ1v) is 30.2. The third-order valence-corrected chi connectivity index (χ3v) is 20.6. The monoisotopic (exact) mass is 1310 g/mol. The van der Waals surface area contributed by atoms with E-state index in [9.17, 15) is 39.9 Å². The van der Waals surface area contributed by atoms with Crippen molar-refractivity contribution in [3.63, 3.8) is 0 Å². The normalized spacial score (nSPS) is 39.0. The highest BCUT2D eigenvalue weighted by molar-refractivity contribution is 14.1. The summed E-state index contributed by atoms with van der Waals surface area (Å²) in [6.45, 7) is 11.0. The summed E-state index contributed by atoms with van der Waals surface area (Å²) in [5.41, 5.74) is 3.32. The summed E-state index contributed by atoms with van der Waals surface area (Å²) in [5.74, 6) is 0.146. The molecule has 1 amide bonds. The molecule has 27 heteroatoms. The molecule has 2 aliphatic carbocycles. The smallest absolute Gasteiger partial charge is 0.407 e. The van der Waals surface area contributed by atoms with E-state index in [0.717, 1.165) is 11.8 Å². The summed E-state index contributed by atoms with van der Waals surface area (Å²) in [6, 6.07) is 4.81. The van der Waals surface area contributed by atoms with Crippen molar-refractivity contribution in [2.45, 2.75) is 193 Å². The zero-order chi connectivity index (χ0) is 59.3. The second-order valence-corrected chi connectivity index (χ2v) is 25.3. The van der Waals surface area contributed by atoms with E-state index >= 15 is 0 Å². The molecule has 2 aromatic rings. The lowest BCUT2D eigenvalue weighted by molar-refractivity contribution is -0.343. The van der Waals surface area contributed by atoms with Gasteiger partial charge in [0.15, 0.2) is 36.2 Å². The average Bonchev–Trinajstić information content (AvgIpc) is 1.39. The van der Waals surface area contributed by atoms with E-state index in [1.807, 2.05) is 42.5 Å². The Balaban J connectivity index is 0.932. The van der Waals surface area contributed by atoms with Crippen LogP contribution in [0.1, 0.15) is 87.0 Å². The second kappa shape index (κ2) is 26.1. The Bertz CT molecular complexity index is 2670. The number of hydrogen-bond acceptors (Lipinski definition) is 25. The van der Waals surface area contributed by atoms with Gasteiger partial charge in [0, 0.05) is 45.3 Å². The molecule has 24 nitrogen and oxygen atoms in total. The van der Waals surface area contributed by atoms with E-state index in [0.29, 0.717) is 31.6 Å². The van der Waals surface area contributed by atoms with Crippen LogP contribution in [0.4, 0.5) is 4.79 Å². The van der Waals surface area contributed by atoms with Gasteiger partial charge in [0.25, 0.3) is 0 Å². The molecular weight excluding hydrogens is 1230 g/mol. The van der Waals surface area contributed by atoms with E-state index in [2.05, 4.69) is 16.1 Å². The minimum atomic E-state index is -1.71. The van der Waals surface area contributed by atoms with Crippen LogP contribution in [0, 0.1) is 10.5 Å². The molecule has 0 spiro atoms. The van der Waals surface area contributed by atoms with Crippen LogP contribution in [0.5, 0.6) is 17.2 Å². The first kappa shape index (κ1) is 63.5. The van der Waals surface area contributed by atoms with Crippen LogP contribution in [0.3, 0.4) is 0 Å². The van der Waals surface area contributed by atoms with Gasteiger partial charge in [-0.2, -0.15) is 5.48 Å². The maximum atomic E-state index is 14.4. The number of ether oxygens (including phenoxy) is 12. The molecule has 5 fully saturated rings. The van der Waals surface area contributed by atoms with Crippen LogP contribution >= 0.6 is 46.1 Å². The topological polar surface area (TPSA) is 308 Å². The molecule has 8 N–H and O–H groups in total. The zero-order valence-electron chi connectivity index (χ0n) is 47.4. The highest BCUT2D eigenvalue weighted by atomic mass is 127. The van der Waals surface area contributed by atoms with Crippen LogP contribution in [0.2, 0.25) is 0 Å². The second-order valence-electron chi connectivity index (χ2n) is 21.8. The number of carbonyl (C=O) groups excluding carboxylic acids is 3. The van der Waals surface area contributed by atoms with Gasteiger partial charge in [0.05, 0.1) is 89.7 Å². The van der Waals surface area contributed by atoms with E-state index < -0.39 is 131 Å². The SMILES string of the molecule is COC(=O)NC1C(=O)C[C@]2(O)C3=CCSC31[C@H](O[C@@H]1O[C@H](C)[C@@H](NO[C@H]3C[C@H](O)[C@H](SC(=O)c4c(C)c(I)c(O[C@@H]5O[C@@H](C)[C@H](O)[C@@H](OC)[C@H]5O)c(OC)c4OC)[C@@H](C)O3)[C@H](O)[C@H]1O[C@H]1C[C@H](OC)[C@@H](NC(C)C)CO1)c1ccccc12. The Morgan fingerprint density at radius 2 is 1.57 bits per heavy atom. The Hall–Kier alpha value is -3.02. The number of carbonyl (C=O) groups is 3. The Morgan fingerprint density at radius 1 is 0.854 bits per heavy atom. The van der Waals surface area contributed by atoms with Gasteiger partial charge in [0.1, 0.15) is 48.3 Å². The summed E-state index contributed by atoms with van der Waals surface area (Å²) in [4.78, 5) is 47.8. The van der Waals surface area contributed by atoms with Gasteiger partial charge < -0.3 is 93.0 Å². The number of Topliss-reactive ketones (excluding diaryl/α,β-unsaturated/α-hetero) is 1. The molecule has 5 aliphatic heterocycles. The number of fused-ring (bicyclic) bond motifs is 2. The van der Waals surface area contributed by atoms with Crippen molar-refractivity contribution in [3.8, 4) is 17.2 Å². The largest absolute Gasteiger partial charge is 0.492 e. The lowest BCUT2D eigenvalue weighted by atomic mass is 9.59. The highest BCUT2D eigenvalue weighted by Crippen LogP contribution is 2.65. The predicted molar refractivity (Wildman–Crippen MR) is 302 cm³/mol. The Kier molecular flexibility index (Phi) is 20.2. The Morgan fingerprint density at radius 3 is 2.24 bits per heavy atom. The molecule has 2 bridgehead atoms. The standard InChI is InChI=1S/C55H76IN3O21S2/c1-22(2)57-29-21-73-34(19-32(29)68-7)77-45-40(63)38(24(4)75-52(45)79-49-27-14-12-13-15-28(27)54(67)20-31(61)48(58-53(66)72-11)55(49)33(54)16-17-81-55)59-80-35-18-30(60)47(26(6)74-35)82-50(65)36-23(3)37(56)43(46(71-10)42(36)69-8)78-51-41(64)44(70-9)39(62)25(5)76-51/h12-16,22,24-26,29-30,32,34-35,38-41,44-45,47-49,51-52,57,59-60,62-64,67H,17-21H2,1-11H3,(H,58,66)/t24-,25+,26-,29+,30+,32+,34+,35+,38-,39+,40+,41-,44-,45-,47-,48?,49-,51+,52+,54-,55?/m1/s1. The maximum Gasteiger partial charge on any atom is 0.407 e. The van der Waals surface area contributed by atoms with Gasteiger partial charge in [-0.05, 0) is 72.5 Å². The summed E-state index contributed by atoms with van der Waals surface area (Å²) in [5, 5.41) is 63.5. The van der Waals surface area contributed by atoms with Gasteiger partial charge in [-0.15, -0.1) is 11.8 Å². The van der Waals surface area contributed by atoms with Gasteiger partial charge >= 0.3 is 6.09 Å². The van der Waals surface area contributed by atoms with Crippen LogP contribution in [-0.4, -0.2) is 211 Å². The molecule has 7 aliphatic rings. The Labute approximate surface area is 497 Å². The van der Waals surface area contributed by atoms with Crippen LogP contribution < -0.4 is 30.3 Å². The predicted octanol–water partition coefficient (Wildman–Crippen LogP) is 2.79. The molecule has 0 radical (unpaired) electrons. The maximum absolute atomic E-state index is 14.4. The van der Waals surface area contributed by atoms with Gasteiger partial charge in [-0.1, -0.05) is 56.0 Å². The lowest BCUT2D eigenvalue weighted by Gasteiger charge is -2.57. The van der Waals surface area contributed by atoms with Crippen molar-refractivity contribution >= 4 is 63.1 Å². The van der Waals surface area contributed by atoms with Crippen LogP contribution in [0.25, 0.3) is 0 Å². The lowest BCUT2D eigenvalue weighted by Crippen LogP contribution is -2.69. The zero-order valence-corrected chi connectivity index (χ0v) is 51.2. The molecule has 9 rings (SSSR count). The minimum Gasteiger partial charge on any atom is -0.492 e. The first-order valence-electron chi connectivity index (χ1n) is 27.3. The third-order valence-electron chi connectivity index (χ3n) is 16.4. The summed E-state index contributed by atoms with van der Waals surface area (Å²) in [7, 11) is 6.90. The molecule has 456 valence electrons. The number of hydroxylamine groups is 1. The number of nitrogens with one attached hydrogen (secondary N) is 3. The average molecular weight is 1310 g/mol. The number of halogens is 1. The molecule has 1 saturated carbocycles. The fourth-order valence-corrected chi connectivity index (χ4v) is 15.8. The molecule has 21 atom stereocenters. The fraction of sp³-hybridized carbons (Fsp3) is 0.691. The number of aliphatic hydroxyl groups is 5. The highest BCUT2D eigenvalue weighted by Gasteiger charge is 2.69. The number of hydrogen-bond donors (Lipinski definition) is 8. The number of benzene rings is 2. The quantitative estimate of drug-likeness (QED) is 0.0605. The fourth-order valence-electron chi connectivity index (χ4n) is 12.4. The molecule has 2 aromatic carbocycles. The number of amides is 1. The minimum absolute atomic E-state index is 0.0374. The number of ketones is 1. The van der Waals surface area contributed by atoms with E-state index in [1.165, 1.54) is 40.2 Å². The van der Waals surface area contributed by atoms with Crippen LogP contribution in [0.15, 0.2) is 35.9 Å². The molecule has 82 heavy (non-hydrogen) atoms. The van der Waals surface area contributed by atoms with Crippen molar-refractivity contribution in [1.82, 2.24) is 16.1 Å². The van der Waals surface area contributed by atoms with Crippen molar-refractivity contribution in [2.75, 3.05) is 47.9 Å². The summed E-state index contributed by atoms with van der Waals surface area (Å²) >= 11 is 4.19. The molecule has 2 unspecified atom stereocenters. The number of thioether (sulfide) groups is 2. The summed E-state index contributed by atoms with van der Waals surface area (Å²) in [6.07, 6.45) is -15.2. The van der Waals surface area contributed by atoms with Crippen molar-refractivity contribution < 1.29 is 102 Å². The molecule has 5 heterocycles. The number of methoxy groups -OCH3 is 5. The number of rotatable bonds is 18. The number of alkyl carbamates (subject to hydrolysis) is 1. The third kappa shape index (κ3) is 11.8. The summed E-state index contributed by atoms with van der Waals surface area (Å²) < 4.78 is 72.0. The van der Waals surface area contributed by atoms with Gasteiger partial charge in [-0.3, -0.25) is 14.4 Å². The molecule has 4 saturated heterocycles. The van der Waals surface area contributed by atoms with E-state index in [-0.39, 0.29) is 66.9 Å². The van der Waals surface area contributed by atoms with Crippen molar-refractivity contribution in [3.05, 3.63) is 61.7 Å². The van der Waals surface area contributed by atoms with Crippen LogP contribution in [-0.2, 0) is 57.9 Å². The van der Waals surface area contributed by atoms with E-state index in [4.69, 9.17) is 61.7 Å².